The summed E-state index contributed by atoms with van der Waals surface area (Å²) in [6.45, 7) is 0. The molecule has 1 N–H and O–H groups in total. The van der Waals surface area contributed by atoms with E-state index in [0.717, 1.165) is 11.3 Å². The number of pyridine rings is 2. The number of rotatable bonds is 3. The van der Waals surface area contributed by atoms with Crippen molar-refractivity contribution in [3.63, 3.8) is 0 Å². The molecule has 3 rings (SSSR count). The smallest absolute Gasteiger partial charge is 0.247 e. The number of anilines is 2. The van der Waals surface area contributed by atoms with Gasteiger partial charge in [-0.05, 0) is 18.2 Å². The second-order valence-electron chi connectivity index (χ2n) is 3.65. The number of nitrogens with one attached hydrogen (secondary N) is 1. The third-order valence-corrected chi connectivity index (χ3v) is 2.44. The Labute approximate surface area is 103 Å². The fraction of sp³-hybridized carbons (Fsp3) is 0.0833. The minimum atomic E-state index is 0.537. The van der Waals surface area contributed by atoms with E-state index in [1.165, 1.54) is 0 Å². The van der Waals surface area contributed by atoms with Crippen LogP contribution in [0.2, 0.25) is 0 Å². The van der Waals surface area contributed by atoms with Gasteiger partial charge in [-0.1, -0.05) is 6.07 Å². The normalized spacial score (nSPS) is 10.5. The summed E-state index contributed by atoms with van der Waals surface area (Å²) in [4.78, 5) is 8.38. The van der Waals surface area contributed by atoms with Crippen LogP contribution in [0.1, 0.15) is 0 Å². The van der Waals surface area contributed by atoms with Crippen molar-refractivity contribution in [3.05, 3.63) is 42.7 Å². The van der Waals surface area contributed by atoms with E-state index in [0.29, 0.717) is 11.8 Å². The van der Waals surface area contributed by atoms with Crippen molar-refractivity contribution in [2.75, 3.05) is 12.4 Å². The number of ether oxygens (including phenoxy) is 1. The molecule has 0 radical (unpaired) electrons. The van der Waals surface area contributed by atoms with Crippen molar-refractivity contribution >= 4 is 17.3 Å². The third kappa shape index (κ3) is 1.95. The number of aromatic nitrogens is 4. The van der Waals surface area contributed by atoms with Gasteiger partial charge in [0.2, 0.25) is 11.8 Å². The van der Waals surface area contributed by atoms with E-state index in [1.807, 2.05) is 30.5 Å². The summed E-state index contributed by atoms with van der Waals surface area (Å²) < 4.78 is 6.76. The molecule has 0 unspecified atom stereocenters. The minimum Gasteiger partial charge on any atom is -0.481 e. The van der Waals surface area contributed by atoms with E-state index in [4.69, 9.17) is 4.74 Å². The summed E-state index contributed by atoms with van der Waals surface area (Å²) in [5, 5.41) is 7.40. The molecule has 0 saturated heterocycles. The van der Waals surface area contributed by atoms with Gasteiger partial charge in [0.05, 0.1) is 7.11 Å². The highest BCUT2D eigenvalue weighted by atomic mass is 16.5. The molecular formula is C12H11N5O. The average Bonchev–Trinajstić information content (AvgIpc) is 2.81. The average molecular weight is 241 g/mol. The number of hydrogen-bond donors (Lipinski definition) is 1. The van der Waals surface area contributed by atoms with Gasteiger partial charge in [0, 0.05) is 24.1 Å². The van der Waals surface area contributed by atoms with E-state index in [2.05, 4.69) is 20.4 Å². The van der Waals surface area contributed by atoms with Crippen LogP contribution in [-0.2, 0) is 0 Å². The molecule has 3 heterocycles. The molecule has 0 aliphatic heterocycles. The van der Waals surface area contributed by atoms with Crippen LogP contribution in [-0.4, -0.2) is 26.7 Å². The molecule has 90 valence electrons. The maximum Gasteiger partial charge on any atom is 0.247 e. The maximum atomic E-state index is 5.05. The number of nitrogens with zero attached hydrogens (tertiary/aromatic N) is 4. The largest absolute Gasteiger partial charge is 0.481 e. The van der Waals surface area contributed by atoms with Crippen LogP contribution in [0, 0.1) is 0 Å². The Bertz CT molecular complexity index is 646. The Morgan fingerprint density at radius 1 is 1.28 bits per heavy atom. The zero-order valence-electron chi connectivity index (χ0n) is 9.74. The van der Waals surface area contributed by atoms with Gasteiger partial charge in [0.15, 0.2) is 5.65 Å². The van der Waals surface area contributed by atoms with E-state index in [-0.39, 0.29) is 0 Å². The van der Waals surface area contributed by atoms with Gasteiger partial charge in [-0.15, -0.1) is 5.10 Å². The minimum absolute atomic E-state index is 0.537. The third-order valence-electron chi connectivity index (χ3n) is 2.44. The second-order valence-corrected chi connectivity index (χ2v) is 3.65. The topological polar surface area (TPSA) is 64.3 Å². The highest BCUT2D eigenvalue weighted by molar-refractivity contribution is 5.56. The van der Waals surface area contributed by atoms with Gasteiger partial charge in [0.25, 0.3) is 0 Å². The molecule has 3 aromatic heterocycles. The van der Waals surface area contributed by atoms with Gasteiger partial charge < -0.3 is 10.1 Å². The molecule has 0 aromatic carbocycles. The van der Waals surface area contributed by atoms with Crippen LogP contribution in [0.25, 0.3) is 5.65 Å². The first-order valence-electron chi connectivity index (χ1n) is 5.43. The van der Waals surface area contributed by atoms with E-state index in [9.17, 15) is 0 Å². The molecule has 0 amide bonds. The fourth-order valence-electron chi connectivity index (χ4n) is 1.61. The Kier molecular flexibility index (Phi) is 2.53. The summed E-state index contributed by atoms with van der Waals surface area (Å²) in [7, 11) is 1.58. The quantitative estimate of drug-likeness (QED) is 0.758. The van der Waals surface area contributed by atoms with Gasteiger partial charge in [-0.25, -0.2) is 9.50 Å². The van der Waals surface area contributed by atoms with Crippen LogP contribution < -0.4 is 10.1 Å². The predicted molar refractivity (Wildman–Crippen MR) is 67.1 cm³/mol. The molecule has 0 fully saturated rings. The molecule has 18 heavy (non-hydrogen) atoms. The monoisotopic (exact) mass is 241 g/mol. The molecule has 6 nitrogen and oxygen atoms in total. The summed E-state index contributed by atoms with van der Waals surface area (Å²) in [5.41, 5.74) is 1.62. The van der Waals surface area contributed by atoms with Gasteiger partial charge in [-0.2, -0.15) is 4.98 Å². The molecular weight excluding hydrogens is 230 g/mol. The molecule has 6 heteroatoms. The standard InChI is InChI=1S/C12H11N5O/c1-18-11-8-9(5-6-13-11)14-12-15-10-4-2-3-7-17(10)16-12/h2-8H,1H3,(H,13,14,16). The zero-order chi connectivity index (χ0) is 12.4. The maximum absolute atomic E-state index is 5.05. The lowest BCUT2D eigenvalue weighted by Crippen LogP contribution is -1.95. The van der Waals surface area contributed by atoms with Crippen molar-refractivity contribution in [1.29, 1.82) is 0 Å². The van der Waals surface area contributed by atoms with Crippen LogP contribution in [0.15, 0.2) is 42.7 Å². The van der Waals surface area contributed by atoms with Crippen molar-refractivity contribution in [1.82, 2.24) is 19.6 Å². The number of methoxy groups -OCH3 is 1. The predicted octanol–water partition coefficient (Wildman–Crippen LogP) is 1.88. The Balaban J connectivity index is 1.91. The molecule has 0 saturated carbocycles. The highest BCUT2D eigenvalue weighted by Gasteiger charge is 2.03. The lowest BCUT2D eigenvalue weighted by Gasteiger charge is -2.02. The van der Waals surface area contributed by atoms with Crippen LogP contribution in [0.5, 0.6) is 5.88 Å². The number of hydrogen-bond acceptors (Lipinski definition) is 5. The Morgan fingerprint density at radius 2 is 2.22 bits per heavy atom. The fourth-order valence-corrected chi connectivity index (χ4v) is 1.61. The molecule has 0 atom stereocenters. The van der Waals surface area contributed by atoms with Crippen molar-refractivity contribution in [2.24, 2.45) is 0 Å². The first-order chi connectivity index (χ1) is 8.85. The highest BCUT2D eigenvalue weighted by Crippen LogP contribution is 2.17. The summed E-state index contributed by atoms with van der Waals surface area (Å²) in [6, 6.07) is 9.33. The van der Waals surface area contributed by atoms with Gasteiger partial charge in [-0.3, -0.25) is 0 Å². The van der Waals surface area contributed by atoms with Crippen molar-refractivity contribution in [3.8, 4) is 5.88 Å². The lowest BCUT2D eigenvalue weighted by atomic mass is 10.4. The van der Waals surface area contributed by atoms with Crippen molar-refractivity contribution in [2.45, 2.75) is 0 Å². The van der Waals surface area contributed by atoms with E-state index < -0.39 is 0 Å². The van der Waals surface area contributed by atoms with Gasteiger partial charge >= 0.3 is 0 Å². The zero-order valence-corrected chi connectivity index (χ0v) is 9.74. The molecule has 0 aliphatic carbocycles. The Morgan fingerprint density at radius 3 is 3.06 bits per heavy atom. The molecule has 0 bridgehead atoms. The van der Waals surface area contributed by atoms with Crippen LogP contribution in [0.4, 0.5) is 11.6 Å². The SMILES string of the molecule is COc1cc(Nc2nc3ccccn3n2)ccn1. The summed E-state index contributed by atoms with van der Waals surface area (Å²) in [6.07, 6.45) is 3.51. The molecule has 0 spiro atoms. The van der Waals surface area contributed by atoms with Crippen LogP contribution >= 0.6 is 0 Å². The van der Waals surface area contributed by atoms with E-state index >= 15 is 0 Å². The first-order valence-corrected chi connectivity index (χ1v) is 5.43. The van der Waals surface area contributed by atoms with Crippen molar-refractivity contribution < 1.29 is 4.74 Å². The second kappa shape index (κ2) is 4.33. The Hall–Kier alpha value is -2.63. The van der Waals surface area contributed by atoms with Crippen LogP contribution in [0.3, 0.4) is 0 Å². The van der Waals surface area contributed by atoms with E-state index in [1.54, 1.807) is 23.9 Å². The molecule has 3 aromatic rings. The summed E-state index contributed by atoms with van der Waals surface area (Å²) >= 11 is 0. The first kappa shape index (κ1) is 10.5. The summed E-state index contributed by atoms with van der Waals surface area (Å²) in [5.74, 6) is 1.08. The lowest BCUT2D eigenvalue weighted by molar-refractivity contribution is 0.398. The van der Waals surface area contributed by atoms with Gasteiger partial charge in [0.1, 0.15) is 0 Å². The molecule has 0 aliphatic rings. The number of fused-ring (bicyclic) bond motifs is 1.